The number of carbonyl (C=O) groups is 1. The van der Waals surface area contributed by atoms with Crippen molar-refractivity contribution in [2.24, 2.45) is 5.73 Å². The molecule has 3 N–H and O–H groups in total. The highest BCUT2D eigenvalue weighted by atomic mass is 16.2. The molecule has 0 aromatic heterocycles. The molecule has 1 aromatic carbocycles. The third-order valence-corrected chi connectivity index (χ3v) is 3.29. The van der Waals surface area contributed by atoms with Crippen LogP contribution in [0.4, 0.5) is 0 Å². The third-order valence-electron chi connectivity index (χ3n) is 3.29. The Morgan fingerprint density at radius 1 is 1.32 bits per heavy atom. The van der Waals surface area contributed by atoms with Crippen LogP contribution in [-0.4, -0.2) is 31.1 Å². The van der Waals surface area contributed by atoms with Crippen LogP contribution >= 0.6 is 0 Å². The lowest BCUT2D eigenvalue weighted by molar-refractivity contribution is -0.126. The van der Waals surface area contributed by atoms with Gasteiger partial charge in [-0.05, 0) is 29.9 Å². The Bertz CT molecular complexity index is 400. The Labute approximate surface area is 115 Å². The lowest BCUT2D eigenvalue weighted by Crippen LogP contribution is -2.47. The van der Waals surface area contributed by atoms with E-state index in [-0.39, 0.29) is 5.91 Å². The number of rotatable bonds is 6. The monoisotopic (exact) mass is 263 g/mol. The molecule has 2 unspecified atom stereocenters. The van der Waals surface area contributed by atoms with E-state index in [2.05, 4.69) is 43.5 Å². The van der Waals surface area contributed by atoms with E-state index in [0.29, 0.717) is 12.3 Å². The van der Waals surface area contributed by atoms with E-state index in [4.69, 9.17) is 5.73 Å². The summed E-state index contributed by atoms with van der Waals surface area (Å²) in [4.78, 5) is 11.7. The van der Waals surface area contributed by atoms with Crippen LogP contribution in [0.1, 0.15) is 37.3 Å². The van der Waals surface area contributed by atoms with Crippen molar-refractivity contribution in [1.82, 2.24) is 10.4 Å². The Hall–Kier alpha value is -1.39. The number of nitrogens with two attached hydrogens (primary N) is 1. The van der Waals surface area contributed by atoms with E-state index in [0.717, 1.165) is 12.0 Å². The summed E-state index contributed by atoms with van der Waals surface area (Å²) in [6, 6.07) is 7.85. The summed E-state index contributed by atoms with van der Waals surface area (Å²) >= 11 is 0. The van der Waals surface area contributed by atoms with Crippen LogP contribution in [0.2, 0.25) is 0 Å². The third kappa shape index (κ3) is 5.01. The first-order chi connectivity index (χ1) is 8.93. The zero-order valence-electron chi connectivity index (χ0n) is 12.3. The molecule has 1 aromatic rings. The summed E-state index contributed by atoms with van der Waals surface area (Å²) in [5.74, 6) is 0.413. The summed E-state index contributed by atoms with van der Waals surface area (Å²) in [5, 5.41) is 1.61. The van der Waals surface area contributed by atoms with Crippen molar-refractivity contribution in [1.29, 1.82) is 0 Å². The molecular weight excluding hydrogens is 238 g/mol. The van der Waals surface area contributed by atoms with Crippen LogP contribution < -0.4 is 11.2 Å². The molecule has 4 nitrogen and oxygen atoms in total. The highest BCUT2D eigenvalue weighted by molar-refractivity contribution is 5.81. The molecule has 2 atom stereocenters. The zero-order valence-corrected chi connectivity index (χ0v) is 12.3. The van der Waals surface area contributed by atoms with Gasteiger partial charge < -0.3 is 5.73 Å². The maximum atomic E-state index is 11.7. The highest BCUT2D eigenvalue weighted by Crippen LogP contribution is 2.19. The predicted octanol–water partition coefficient (Wildman–Crippen LogP) is 1.66. The molecule has 0 heterocycles. The number of amides is 1. The molecule has 0 aliphatic rings. The first-order valence-corrected chi connectivity index (χ1v) is 6.76. The van der Waals surface area contributed by atoms with Gasteiger partial charge in [-0.15, -0.1) is 0 Å². The predicted molar refractivity (Wildman–Crippen MR) is 78.7 cm³/mol. The molecule has 106 valence electrons. The molecule has 0 spiro atoms. The van der Waals surface area contributed by atoms with E-state index >= 15 is 0 Å². The van der Waals surface area contributed by atoms with Crippen LogP contribution in [0.5, 0.6) is 0 Å². The number of carbonyl (C=O) groups excluding carboxylic acids is 1. The molecule has 0 aliphatic carbocycles. The van der Waals surface area contributed by atoms with Crippen LogP contribution in [0.15, 0.2) is 24.3 Å². The topological polar surface area (TPSA) is 58.4 Å². The number of nitrogens with zero attached hydrogens (tertiary/aromatic N) is 1. The Morgan fingerprint density at radius 2 is 1.89 bits per heavy atom. The van der Waals surface area contributed by atoms with Crippen molar-refractivity contribution in [3.05, 3.63) is 35.4 Å². The Morgan fingerprint density at radius 3 is 2.37 bits per heavy atom. The van der Waals surface area contributed by atoms with E-state index < -0.39 is 6.04 Å². The SMILES string of the molecule is CCC(C)c1ccc(CC(N)C(=O)NN(C)C)cc1. The van der Waals surface area contributed by atoms with Gasteiger partial charge in [0.1, 0.15) is 0 Å². The molecule has 0 radical (unpaired) electrons. The summed E-state index contributed by atoms with van der Waals surface area (Å²) in [7, 11) is 3.54. The zero-order chi connectivity index (χ0) is 14.4. The number of hydrogen-bond acceptors (Lipinski definition) is 3. The normalized spacial score (nSPS) is 14.2. The van der Waals surface area contributed by atoms with Crippen molar-refractivity contribution in [2.75, 3.05) is 14.1 Å². The molecule has 19 heavy (non-hydrogen) atoms. The minimum Gasteiger partial charge on any atom is -0.320 e. The van der Waals surface area contributed by atoms with E-state index in [1.807, 2.05) is 0 Å². The van der Waals surface area contributed by atoms with Crippen molar-refractivity contribution in [2.45, 2.75) is 38.6 Å². The van der Waals surface area contributed by atoms with Gasteiger partial charge in [0.05, 0.1) is 6.04 Å². The van der Waals surface area contributed by atoms with Gasteiger partial charge in [-0.1, -0.05) is 38.1 Å². The largest absolute Gasteiger partial charge is 0.320 e. The maximum Gasteiger partial charge on any atom is 0.251 e. The molecule has 1 rings (SSSR count). The summed E-state index contributed by atoms with van der Waals surface area (Å²) in [6.07, 6.45) is 1.69. The number of nitrogens with one attached hydrogen (secondary N) is 1. The average Bonchev–Trinajstić information content (AvgIpc) is 2.37. The quantitative estimate of drug-likeness (QED) is 0.767. The van der Waals surface area contributed by atoms with E-state index in [9.17, 15) is 4.79 Å². The fourth-order valence-corrected chi connectivity index (χ4v) is 1.87. The molecule has 0 saturated heterocycles. The fourth-order valence-electron chi connectivity index (χ4n) is 1.87. The fraction of sp³-hybridized carbons (Fsp3) is 0.533. The van der Waals surface area contributed by atoms with Gasteiger partial charge in [0.25, 0.3) is 5.91 Å². The minimum atomic E-state index is -0.517. The van der Waals surface area contributed by atoms with Gasteiger partial charge in [-0.3, -0.25) is 10.2 Å². The lowest BCUT2D eigenvalue weighted by Gasteiger charge is -2.17. The van der Waals surface area contributed by atoms with Crippen LogP contribution in [0.25, 0.3) is 0 Å². The molecule has 0 fully saturated rings. The van der Waals surface area contributed by atoms with Gasteiger partial charge in [0.2, 0.25) is 0 Å². The van der Waals surface area contributed by atoms with E-state index in [1.54, 1.807) is 19.1 Å². The Kier molecular flexibility index (Phi) is 5.99. The van der Waals surface area contributed by atoms with Crippen LogP contribution in [-0.2, 0) is 11.2 Å². The van der Waals surface area contributed by atoms with Crippen molar-refractivity contribution < 1.29 is 4.79 Å². The Balaban J connectivity index is 2.60. The average molecular weight is 263 g/mol. The van der Waals surface area contributed by atoms with Gasteiger partial charge in [0.15, 0.2) is 0 Å². The smallest absolute Gasteiger partial charge is 0.251 e. The standard InChI is InChI=1S/C15H25N3O/c1-5-11(2)13-8-6-12(7-9-13)10-14(16)15(19)17-18(3)4/h6-9,11,14H,5,10,16H2,1-4H3,(H,17,19). The second kappa shape index (κ2) is 7.26. The van der Waals surface area contributed by atoms with Gasteiger partial charge in [0, 0.05) is 14.1 Å². The van der Waals surface area contributed by atoms with E-state index in [1.165, 1.54) is 5.56 Å². The molecule has 0 aliphatic heterocycles. The molecular formula is C15H25N3O. The molecule has 0 bridgehead atoms. The first kappa shape index (κ1) is 15.7. The summed E-state index contributed by atoms with van der Waals surface area (Å²) in [5.41, 5.74) is 11.0. The molecule has 4 heteroatoms. The molecule has 0 saturated carbocycles. The number of hydrogen-bond donors (Lipinski definition) is 2. The van der Waals surface area contributed by atoms with Crippen LogP contribution in [0.3, 0.4) is 0 Å². The lowest BCUT2D eigenvalue weighted by atomic mass is 9.96. The number of benzene rings is 1. The van der Waals surface area contributed by atoms with Crippen molar-refractivity contribution in [3.8, 4) is 0 Å². The number of hydrazine groups is 1. The highest BCUT2D eigenvalue weighted by Gasteiger charge is 2.14. The van der Waals surface area contributed by atoms with Gasteiger partial charge in [-0.25, -0.2) is 5.01 Å². The second-order valence-electron chi connectivity index (χ2n) is 5.23. The first-order valence-electron chi connectivity index (χ1n) is 6.76. The maximum absolute atomic E-state index is 11.7. The van der Waals surface area contributed by atoms with Crippen molar-refractivity contribution in [3.63, 3.8) is 0 Å². The molecule has 1 amide bonds. The minimum absolute atomic E-state index is 0.156. The van der Waals surface area contributed by atoms with Gasteiger partial charge in [-0.2, -0.15) is 0 Å². The summed E-state index contributed by atoms with van der Waals surface area (Å²) < 4.78 is 0. The summed E-state index contributed by atoms with van der Waals surface area (Å²) in [6.45, 7) is 4.39. The second-order valence-corrected chi connectivity index (χ2v) is 5.23. The van der Waals surface area contributed by atoms with Crippen LogP contribution in [0, 0.1) is 0 Å². The van der Waals surface area contributed by atoms with Crippen molar-refractivity contribution >= 4 is 5.91 Å². The van der Waals surface area contributed by atoms with Gasteiger partial charge >= 0.3 is 0 Å².